The molecule has 2 aliphatic heterocycles. The number of methoxy groups -OCH3 is 3. The van der Waals surface area contributed by atoms with Gasteiger partial charge in [-0.2, -0.15) is 0 Å². The highest BCUT2D eigenvalue weighted by atomic mass is 35.5. The lowest BCUT2D eigenvalue weighted by Crippen LogP contribution is -2.61. The Bertz CT molecular complexity index is 2450. The summed E-state index contributed by atoms with van der Waals surface area (Å²) in [6, 6.07) is 12.7. The van der Waals surface area contributed by atoms with E-state index in [1.165, 1.54) is 26.4 Å². The second kappa shape index (κ2) is 27.0. The molecule has 2 heterocycles. The summed E-state index contributed by atoms with van der Waals surface area (Å²) in [5, 5.41) is 13.1. The Hall–Kier alpha value is -4.65. The summed E-state index contributed by atoms with van der Waals surface area (Å²) >= 11 is 7.39. The van der Waals surface area contributed by atoms with Crippen LogP contribution in [0, 0.1) is 23.7 Å². The molecule has 1 N–H and O–H groups in total. The SMILES string of the molecule is CC[Si](CC)(CC)O[C@@]12C#CC3=C[C@@H](OCOC)C[C@]3(O[Si](CC)(CC)CC)[C@@H](C#CC1O)Oc1c(Cl)cc(cc1OCOC)[C@@H](N(C(=O)OC(C)(C)C)C(=O)OC(C)(C)C)CC(=O)OC[C@@H]2OCc1ccc(OC)cc1. The molecule has 4 aliphatic rings. The van der Waals surface area contributed by atoms with Crippen LogP contribution in [0.5, 0.6) is 17.2 Å². The predicted octanol–water partition coefficient (Wildman–Crippen LogP) is 11.0. The Labute approximate surface area is 463 Å². The fraction of sp³-hybridized carbons (Fsp3) is 0.632. The van der Waals surface area contributed by atoms with Gasteiger partial charge in [0.2, 0.25) is 0 Å². The van der Waals surface area contributed by atoms with Crippen molar-refractivity contribution in [1.82, 2.24) is 4.90 Å². The van der Waals surface area contributed by atoms with Crippen molar-refractivity contribution in [3.8, 4) is 40.9 Å². The number of hydrogen-bond acceptors (Lipinski definition) is 16. The molecule has 0 saturated carbocycles. The molecule has 0 aromatic heterocycles. The lowest BCUT2D eigenvalue weighted by atomic mass is 9.88. The van der Waals surface area contributed by atoms with Crippen molar-refractivity contribution in [3.63, 3.8) is 0 Å². The van der Waals surface area contributed by atoms with E-state index < -0.39 is 101 Å². The summed E-state index contributed by atoms with van der Waals surface area (Å²) in [6.07, 6.45) is -5.94. The van der Waals surface area contributed by atoms with Gasteiger partial charge < -0.3 is 61.3 Å². The molecule has 2 aromatic carbocycles. The minimum atomic E-state index is -2.89. The Morgan fingerprint density at radius 3 is 1.95 bits per heavy atom. The van der Waals surface area contributed by atoms with Gasteiger partial charge in [0.1, 0.15) is 42.1 Å². The quantitative estimate of drug-likeness (QED) is 0.0409. The van der Waals surface area contributed by atoms with Crippen molar-refractivity contribution < 1.29 is 75.7 Å². The average molecular weight is 1130 g/mol. The molecular weight excluding hydrogens is 1050 g/mol. The monoisotopic (exact) mass is 1130 g/mol. The predicted molar refractivity (Wildman–Crippen MR) is 296 cm³/mol. The van der Waals surface area contributed by atoms with E-state index in [0.717, 1.165) is 28.6 Å². The number of amides is 2. The summed E-state index contributed by atoms with van der Waals surface area (Å²) in [5.41, 5.74) is -4.46. The number of aliphatic hydroxyl groups excluding tert-OH is 1. The second-order valence-corrected chi connectivity index (χ2v) is 31.3. The number of halogens is 1. The number of esters is 1. The molecule has 4 bridgehead atoms. The van der Waals surface area contributed by atoms with E-state index in [4.69, 9.17) is 67.8 Å². The number of fused-ring (bicyclic) bond motifs is 8. The standard InChI is InChI=1S/C57H82ClNO16Si2/c1-16-76(17-2,18-3)74-56-29-28-41-32-43(69-37-64-13)34-57(41,75-77(19-4,20-5)21-6)48(27-26-47(56)60)71-51-44(58)30-40(31-46(51)70-38-65-14)45(59(52(62)72-54(7,8)9)53(63)73-55(10,11)12)33-50(61)68-36-49(56)67-35-39-22-24-42(66-15)25-23-39/h22-25,30-32,43,45,47-49,60H,16-21,33-38H2,1-15H3/t43-,45+,47?,48-,49+,56+,57-/m1/s1. The van der Waals surface area contributed by atoms with Crippen LogP contribution in [-0.4, -0.2) is 133 Å². The fourth-order valence-electron chi connectivity index (χ4n) is 9.57. The molecule has 2 aromatic rings. The molecule has 1 unspecified atom stereocenters. The van der Waals surface area contributed by atoms with Crippen molar-refractivity contribution in [2.75, 3.05) is 41.5 Å². The number of ether oxygens (including phenoxy) is 10. The summed E-state index contributed by atoms with van der Waals surface area (Å²) in [7, 11) is -1.07. The van der Waals surface area contributed by atoms with Gasteiger partial charge in [0.05, 0.1) is 37.3 Å². The van der Waals surface area contributed by atoms with Gasteiger partial charge in [0.25, 0.3) is 0 Å². The minimum absolute atomic E-state index is 0.0217. The van der Waals surface area contributed by atoms with Gasteiger partial charge >= 0.3 is 18.2 Å². The number of carbonyl (C=O) groups excluding carboxylic acids is 3. The maximum Gasteiger partial charge on any atom is 0.420 e. The largest absolute Gasteiger partial charge is 0.497 e. The number of rotatable bonds is 21. The highest BCUT2D eigenvalue weighted by Crippen LogP contribution is 2.48. The fourth-order valence-corrected chi connectivity index (χ4v) is 15.8. The number of carbonyl (C=O) groups is 3. The maximum atomic E-state index is 14.9. The van der Waals surface area contributed by atoms with E-state index >= 15 is 0 Å². The van der Waals surface area contributed by atoms with Gasteiger partial charge in [-0.1, -0.05) is 89.0 Å². The van der Waals surface area contributed by atoms with Crippen LogP contribution in [0.25, 0.3) is 0 Å². The number of hydrogen-bond donors (Lipinski definition) is 1. The topological polar surface area (TPSA) is 185 Å². The van der Waals surface area contributed by atoms with Crippen LogP contribution in [0.4, 0.5) is 9.59 Å². The Morgan fingerprint density at radius 2 is 1.40 bits per heavy atom. The molecule has 17 nitrogen and oxygen atoms in total. The third-order valence-corrected chi connectivity index (χ3v) is 23.8. The zero-order chi connectivity index (χ0) is 57.0. The number of benzene rings is 2. The molecular formula is C57H82ClNO16Si2. The van der Waals surface area contributed by atoms with Crippen molar-refractivity contribution in [2.45, 2.75) is 192 Å². The van der Waals surface area contributed by atoms with Crippen LogP contribution in [0.3, 0.4) is 0 Å². The van der Waals surface area contributed by atoms with Crippen LogP contribution in [0.2, 0.25) is 41.3 Å². The van der Waals surface area contributed by atoms with E-state index in [1.807, 2.05) is 39.0 Å². The Morgan fingerprint density at radius 1 is 0.818 bits per heavy atom. The van der Waals surface area contributed by atoms with Crippen molar-refractivity contribution >= 4 is 46.4 Å². The summed E-state index contributed by atoms with van der Waals surface area (Å²) < 4.78 is 76.1. The normalized spacial score (nSPS) is 23.6. The summed E-state index contributed by atoms with van der Waals surface area (Å²) in [6.45, 7) is 21.3. The zero-order valence-corrected chi connectivity index (χ0v) is 50.6. The first-order valence-electron chi connectivity index (χ1n) is 26.6. The Kier molecular flexibility index (Phi) is 22.2. The lowest BCUT2D eigenvalue weighted by Gasteiger charge is -2.44. The third kappa shape index (κ3) is 15.4. The molecule has 2 aliphatic carbocycles. The van der Waals surface area contributed by atoms with E-state index in [0.29, 0.717) is 29.5 Å². The molecule has 20 heteroatoms. The van der Waals surface area contributed by atoms with Crippen LogP contribution in [0.1, 0.15) is 113 Å². The van der Waals surface area contributed by atoms with E-state index in [9.17, 15) is 19.5 Å². The first-order valence-corrected chi connectivity index (χ1v) is 32.0. The minimum Gasteiger partial charge on any atom is -0.497 e. The van der Waals surface area contributed by atoms with Gasteiger partial charge in [-0.05, 0) is 119 Å². The van der Waals surface area contributed by atoms with Crippen LogP contribution < -0.4 is 14.2 Å². The molecule has 2 amide bonds. The highest BCUT2D eigenvalue weighted by Gasteiger charge is 2.57. The molecule has 0 saturated heterocycles. The first-order chi connectivity index (χ1) is 36.4. The van der Waals surface area contributed by atoms with Crippen LogP contribution >= 0.6 is 11.6 Å². The van der Waals surface area contributed by atoms with Gasteiger partial charge in [-0.15, -0.1) is 0 Å². The number of aliphatic hydroxyl groups is 1. The maximum absolute atomic E-state index is 14.9. The van der Waals surface area contributed by atoms with Crippen molar-refractivity contribution in [3.05, 3.63) is 64.2 Å². The highest BCUT2D eigenvalue weighted by molar-refractivity contribution is 6.74. The van der Waals surface area contributed by atoms with Gasteiger partial charge in [-0.3, -0.25) is 4.79 Å². The van der Waals surface area contributed by atoms with Crippen molar-refractivity contribution in [2.24, 2.45) is 0 Å². The van der Waals surface area contributed by atoms with Gasteiger partial charge in [-0.25, -0.2) is 14.5 Å². The van der Waals surface area contributed by atoms with E-state index in [2.05, 4.69) is 44.5 Å². The molecule has 0 fully saturated rings. The van der Waals surface area contributed by atoms with Gasteiger partial charge in [0.15, 0.2) is 52.7 Å². The number of imide groups is 1. The third-order valence-electron chi connectivity index (χ3n) is 14.3. The van der Waals surface area contributed by atoms with Crippen LogP contribution in [0.15, 0.2) is 48.0 Å². The summed E-state index contributed by atoms with van der Waals surface area (Å²) in [4.78, 5) is 44.7. The molecule has 6 rings (SSSR count). The van der Waals surface area contributed by atoms with E-state index in [1.54, 1.807) is 60.8 Å². The second-order valence-electron chi connectivity index (χ2n) is 21.5. The zero-order valence-electron chi connectivity index (χ0n) is 47.8. The van der Waals surface area contributed by atoms with Crippen molar-refractivity contribution in [1.29, 1.82) is 0 Å². The van der Waals surface area contributed by atoms with Gasteiger partial charge in [0, 0.05) is 26.2 Å². The molecule has 0 radical (unpaired) electrons. The van der Waals surface area contributed by atoms with E-state index in [-0.39, 0.29) is 48.7 Å². The molecule has 0 spiro atoms. The van der Waals surface area contributed by atoms with Crippen LogP contribution in [-0.2, 0) is 53.4 Å². The summed E-state index contributed by atoms with van der Waals surface area (Å²) in [5.74, 6) is 13.1. The Balaban J connectivity index is 1.97. The molecule has 77 heavy (non-hydrogen) atoms. The molecule has 426 valence electrons. The lowest BCUT2D eigenvalue weighted by molar-refractivity contribution is -0.163. The average Bonchev–Trinajstić information content (AvgIpc) is 3.77. The first kappa shape index (κ1) is 63.2. The smallest absolute Gasteiger partial charge is 0.420 e. The molecule has 7 atom stereocenters. The number of nitrogens with zero attached hydrogens (tertiary/aromatic N) is 1.